The highest BCUT2D eigenvalue weighted by Gasteiger charge is 2.17. The quantitative estimate of drug-likeness (QED) is 0.879. The van der Waals surface area contributed by atoms with Crippen molar-refractivity contribution in [3.8, 4) is 0 Å². The molecule has 0 bridgehead atoms. The molecule has 0 amide bonds. The van der Waals surface area contributed by atoms with Gasteiger partial charge in [0.2, 0.25) is 0 Å². The first-order valence-electron chi connectivity index (χ1n) is 7.65. The molecule has 0 radical (unpaired) electrons. The van der Waals surface area contributed by atoms with E-state index in [-0.39, 0.29) is 0 Å². The molecule has 4 nitrogen and oxygen atoms in total. The Labute approximate surface area is 126 Å². The first kappa shape index (κ1) is 14.0. The highest BCUT2D eigenvalue weighted by molar-refractivity contribution is 5.63. The van der Waals surface area contributed by atoms with Gasteiger partial charge in [-0.1, -0.05) is 18.6 Å². The third kappa shape index (κ3) is 2.90. The summed E-state index contributed by atoms with van der Waals surface area (Å²) in [6.07, 6.45) is 7.58. The van der Waals surface area contributed by atoms with Crippen LogP contribution in [0.3, 0.4) is 0 Å². The van der Waals surface area contributed by atoms with Crippen LogP contribution in [0.2, 0.25) is 0 Å². The van der Waals surface area contributed by atoms with Crippen molar-refractivity contribution in [3.63, 3.8) is 0 Å². The summed E-state index contributed by atoms with van der Waals surface area (Å²) in [6, 6.07) is 8.33. The molecule has 0 atom stereocenters. The van der Waals surface area contributed by atoms with Crippen molar-refractivity contribution in [1.82, 2.24) is 9.97 Å². The molecule has 2 N–H and O–H groups in total. The molecule has 1 aromatic heterocycles. The summed E-state index contributed by atoms with van der Waals surface area (Å²) in [5.41, 5.74) is 10.5. The maximum Gasteiger partial charge on any atom is 0.139 e. The predicted octanol–water partition coefficient (Wildman–Crippen LogP) is 2.97. The van der Waals surface area contributed by atoms with Gasteiger partial charge in [0.15, 0.2) is 0 Å². The van der Waals surface area contributed by atoms with E-state index in [9.17, 15) is 0 Å². The van der Waals surface area contributed by atoms with Gasteiger partial charge < -0.3 is 10.6 Å². The van der Waals surface area contributed by atoms with Crippen molar-refractivity contribution in [2.75, 3.05) is 11.9 Å². The second-order valence-electron chi connectivity index (χ2n) is 5.62. The molecule has 3 rings (SSSR count). The molecule has 0 saturated carbocycles. The van der Waals surface area contributed by atoms with Crippen molar-refractivity contribution in [2.45, 2.75) is 38.6 Å². The number of anilines is 2. The van der Waals surface area contributed by atoms with Crippen LogP contribution in [0.1, 0.15) is 36.1 Å². The molecule has 1 aliphatic carbocycles. The van der Waals surface area contributed by atoms with E-state index in [0.29, 0.717) is 6.54 Å². The smallest absolute Gasteiger partial charge is 0.139 e. The predicted molar refractivity (Wildman–Crippen MR) is 85.7 cm³/mol. The Balaban J connectivity index is 1.99. The van der Waals surface area contributed by atoms with Gasteiger partial charge in [-0.15, -0.1) is 0 Å². The molecule has 0 spiro atoms. The summed E-state index contributed by atoms with van der Waals surface area (Å²) in [7, 11) is 2.07. The largest absolute Gasteiger partial charge is 0.329 e. The molecular weight excluding hydrogens is 260 g/mol. The zero-order valence-corrected chi connectivity index (χ0v) is 12.5. The first-order valence-corrected chi connectivity index (χ1v) is 7.65. The fraction of sp³-hybridized carbons (Fsp3) is 0.412. The van der Waals surface area contributed by atoms with Crippen LogP contribution in [-0.4, -0.2) is 17.0 Å². The fourth-order valence-corrected chi connectivity index (χ4v) is 2.98. The van der Waals surface area contributed by atoms with E-state index in [2.05, 4.69) is 40.1 Å². The molecule has 2 aromatic rings. The van der Waals surface area contributed by atoms with Gasteiger partial charge in [0.05, 0.1) is 0 Å². The van der Waals surface area contributed by atoms with E-state index in [1.807, 2.05) is 6.07 Å². The molecule has 0 saturated heterocycles. The summed E-state index contributed by atoms with van der Waals surface area (Å²) in [5, 5.41) is 0. The minimum absolute atomic E-state index is 0.559. The molecular formula is C17H22N4. The van der Waals surface area contributed by atoms with E-state index in [1.165, 1.54) is 30.5 Å². The second kappa shape index (κ2) is 6.22. The monoisotopic (exact) mass is 282 g/mol. The minimum Gasteiger partial charge on any atom is -0.329 e. The molecule has 0 fully saturated rings. The Morgan fingerprint density at radius 1 is 1.14 bits per heavy atom. The molecule has 4 heteroatoms. The van der Waals surface area contributed by atoms with E-state index in [4.69, 9.17) is 5.73 Å². The molecule has 1 heterocycles. The van der Waals surface area contributed by atoms with Gasteiger partial charge in [-0.05, 0) is 43.4 Å². The first-order chi connectivity index (χ1) is 10.3. The zero-order valence-electron chi connectivity index (χ0n) is 12.5. The van der Waals surface area contributed by atoms with Crippen LogP contribution in [0, 0.1) is 0 Å². The van der Waals surface area contributed by atoms with E-state index >= 15 is 0 Å². The van der Waals surface area contributed by atoms with Gasteiger partial charge in [0.1, 0.15) is 12.1 Å². The number of aryl methyl sites for hydroxylation is 1. The van der Waals surface area contributed by atoms with Gasteiger partial charge in [-0.25, -0.2) is 9.97 Å². The molecule has 110 valence electrons. The van der Waals surface area contributed by atoms with Gasteiger partial charge in [0.25, 0.3) is 0 Å². The summed E-state index contributed by atoms with van der Waals surface area (Å²) in [5.74, 6) is 1.04. The number of hydrogen-bond donors (Lipinski definition) is 1. The second-order valence-corrected chi connectivity index (χ2v) is 5.62. The lowest BCUT2D eigenvalue weighted by Crippen LogP contribution is -2.16. The normalized spacial score (nSPS) is 14.4. The average Bonchev–Trinajstić information content (AvgIpc) is 2.79. The minimum atomic E-state index is 0.559. The molecule has 21 heavy (non-hydrogen) atoms. The lowest BCUT2D eigenvalue weighted by atomic mass is 10.1. The van der Waals surface area contributed by atoms with Gasteiger partial charge in [-0.3, -0.25) is 0 Å². The maximum absolute atomic E-state index is 5.74. The van der Waals surface area contributed by atoms with Crippen molar-refractivity contribution in [2.24, 2.45) is 5.73 Å². The number of fused-ring (bicyclic) bond motifs is 1. The van der Waals surface area contributed by atoms with Crippen LogP contribution in [0.4, 0.5) is 11.5 Å². The van der Waals surface area contributed by atoms with Crippen molar-refractivity contribution in [3.05, 3.63) is 47.4 Å². The number of rotatable bonds is 3. The lowest BCUT2D eigenvalue weighted by molar-refractivity contribution is 0.708. The van der Waals surface area contributed by atoms with Crippen LogP contribution < -0.4 is 10.6 Å². The van der Waals surface area contributed by atoms with E-state index in [1.54, 1.807) is 6.33 Å². The van der Waals surface area contributed by atoms with Crippen molar-refractivity contribution >= 4 is 11.5 Å². The van der Waals surface area contributed by atoms with Crippen LogP contribution in [0.15, 0.2) is 30.6 Å². The van der Waals surface area contributed by atoms with Gasteiger partial charge >= 0.3 is 0 Å². The highest BCUT2D eigenvalue weighted by Crippen LogP contribution is 2.30. The summed E-state index contributed by atoms with van der Waals surface area (Å²) in [6.45, 7) is 0.559. The Morgan fingerprint density at radius 2 is 2.00 bits per heavy atom. The van der Waals surface area contributed by atoms with Gasteiger partial charge in [-0.2, -0.15) is 0 Å². The third-order valence-corrected chi connectivity index (χ3v) is 4.20. The van der Waals surface area contributed by atoms with Crippen LogP contribution in [0.5, 0.6) is 0 Å². The molecule has 0 aliphatic heterocycles. The number of nitrogens with zero attached hydrogens (tertiary/aromatic N) is 3. The lowest BCUT2D eigenvalue weighted by Gasteiger charge is -2.22. The molecule has 1 aromatic carbocycles. The number of aromatic nitrogens is 2. The maximum atomic E-state index is 5.74. The standard InChI is InChI=1S/C17H22N4/c1-21(14-7-5-6-13(10-14)11-18)17-15-8-3-2-4-9-16(15)19-12-20-17/h5-7,10,12H,2-4,8-9,11,18H2,1H3. The Kier molecular flexibility index (Phi) is 4.15. The van der Waals surface area contributed by atoms with Crippen LogP contribution in [-0.2, 0) is 19.4 Å². The summed E-state index contributed by atoms with van der Waals surface area (Å²) < 4.78 is 0. The van der Waals surface area contributed by atoms with Crippen LogP contribution in [0.25, 0.3) is 0 Å². The van der Waals surface area contributed by atoms with Crippen molar-refractivity contribution in [1.29, 1.82) is 0 Å². The van der Waals surface area contributed by atoms with E-state index in [0.717, 1.165) is 29.9 Å². The number of nitrogens with two attached hydrogens (primary N) is 1. The average molecular weight is 282 g/mol. The molecule has 1 aliphatic rings. The zero-order chi connectivity index (χ0) is 14.7. The Bertz CT molecular complexity index is 624. The number of hydrogen-bond acceptors (Lipinski definition) is 4. The Hall–Kier alpha value is -1.94. The summed E-state index contributed by atoms with van der Waals surface area (Å²) >= 11 is 0. The van der Waals surface area contributed by atoms with Gasteiger partial charge in [0, 0.05) is 30.5 Å². The third-order valence-electron chi connectivity index (χ3n) is 4.20. The highest BCUT2D eigenvalue weighted by atomic mass is 15.2. The van der Waals surface area contributed by atoms with E-state index < -0.39 is 0 Å². The number of benzene rings is 1. The SMILES string of the molecule is CN(c1cccc(CN)c1)c1ncnc2c1CCCCC2. The van der Waals surface area contributed by atoms with Crippen molar-refractivity contribution < 1.29 is 0 Å². The molecule has 0 unspecified atom stereocenters. The summed E-state index contributed by atoms with van der Waals surface area (Å²) in [4.78, 5) is 11.2. The Morgan fingerprint density at radius 3 is 2.86 bits per heavy atom. The van der Waals surface area contributed by atoms with Crippen LogP contribution >= 0.6 is 0 Å². The topological polar surface area (TPSA) is 55.0 Å². The fourth-order valence-electron chi connectivity index (χ4n) is 2.98.